The van der Waals surface area contributed by atoms with Gasteiger partial charge in [0, 0.05) is 18.3 Å². The Morgan fingerprint density at radius 2 is 2.00 bits per heavy atom. The first-order valence-corrected chi connectivity index (χ1v) is 8.80. The molecule has 1 aromatic carbocycles. The molecule has 0 aliphatic carbocycles. The fourth-order valence-corrected chi connectivity index (χ4v) is 5.07. The number of rotatable bonds is 1. The van der Waals surface area contributed by atoms with Crippen LogP contribution in [0.4, 0.5) is 5.69 Å². The smallest absolute Gasteiger partial charge is 0.155 e. The Balaban J connectivity index is 2.00. The lowest BCUT2D eigenvalue weighted by atomic mass is 10.0. The number of nitrogens with zero attached hydrogens (tertiary/aromatic N) is 1. The molecule has 1 saturated heterocycles. The van der Waals surface area contributed by atoms with E-state index in [4.69, 9.17) is 5.73 Å². The van der Waals surface area contributed by atoms with Crippen molar-refractivity contribution < 1.29 is 13.5 Å². The minimum Gasteiger partial charge on any atom is -0.390 e. The van der Waals surface area contributed by atoms with E-state index in [2.05, 4.69) is 0 Å². The second kappa shape index (κ2) is 5.02. The van der Waals surface area contributed by atoms with Gasteiger partial charge in [-0.25, -0.2) is 8.42 Å². The summed E-state index contributed by atoms with van der Waals surface area (Å²) in [5.74, 6) is -0.111. The maximum Gasteiger partial charge on any atom is 0.155 e. The third-order valence-corrected chi connectivity index (χ3v) is 5.95. The summed E-state index contributed by atoms with van der Waals surface area (Å²) >= 11 is 0. The van der Waals surface area contributed by atoms with Crippen molar-refractivity contribution >= 4 is 15.5 Å². The molecular weight excluding hydrogens is 276 g/mol. The van der Waals surface area contributed by atoms with Crippen molar-refractivity contribution in [3.63, 3.8) is 0 Å². The molecule has 3 rings (SSSR count). The zero-order chi connectivity index (χ0) is 14.3. The molecule has 3 N–H and O–H groups in total. The van der Waals surface area contributed by atoms with Crippen molar-refractivity contribution in [3.8, 4) is 0 Å². The van der Waals surface area contributed by atoms with Gasteiger partial charge < -0.3 is 15.7 Å². The average molecular weight is 296 g/mol. The van der Waals surface area contributed by atoms with Crippen LogP contribution >= 0.6 is 0 Å². The summed E-state index contributed by atoms with van der Waals surface area (Å²) in [6, 6.07) is 7.47. The predicted molar refractivity (Wildman–Crippen MR) is 78.4 cm³/mol. The van der Waals surface area contributed by atoms with Crippen molar-refractivity contribution in [1.29, 1.82) is 0 Å². The number of aliphatic hydroxyl groups excluding tert-OH is 1. The molecule has 2 aliphatic heterocycles. The van der Waals surface area contributed by atoms with E-state index >= 15 is 0 Å². The lowest BCUT2D eigenvalue weighted by molar-refractivity contribution is 0.178. The van der Waals surface area contributed by atoms with Gasteiger partial charge in [-0.3, -0.25) is 0 Å². The maximum atomic E-state index is 11.7. The summed E-state index contributed by atoms with van der Waals surface area (Å²) < 4.78 is 23.5. The van der Waals surface area contributed by atoms with E-state index in [1.165, 1.54) is 0 Å². The van der Waals surface area contributed by atoms with E-state index < -0.39 is 15.9 Å². The highest BCUT2D eigenvalue weighted by Crippen LogP contribution is 2.34. The van der Waals surface area contributed by atoms with Crippen molar-refractivity contribution in [2.75, 3.05) is 23.0 Å². The molecule has 0 bridgehead atoms. The van der Waals surface area contributed by atoms with Gasteiger partial charge in [-0.2, -0.15) is 0 Å². The van der Waals surface area contributed by atoms with Crippen LogP contribution in [0.15, 0.2) is 24.3 Å². The van der Waals surface area contributed by atoms with Crippen LogP contribution in [0.1, 0.15) is 24.4 Å². The summed E-state index contributed by atoms with van der Waals surface area (Å²) in [5, 5.41) is 10.1. The van der Waals surface area contributed by atoms with Gasteiger partial charge in [0.05, 0.1) is 23.7 Å². The molecule has 0 radical (unpaired) electrons. The van der Waals surface area contributed by atoms with Crippen LogP contribution in [0.5, 0.6) is 0 Å². The van der Waals surface area contributed by atoms with Gasteiger partial charge in [0.15, 0.2) is 9.84 Å². The lowest BCUT2D eigenvalue weighted by Crippen LogP contribution is -2.43. The molecule has 20 heavy (non-hydrogen) atoms. The monoisotopic (exact) mass is 296 g/mol. The van der Waals surface area contributed by atoms with Crippen LogP contribution in [0.2, 0.25) is 0 Å². The number of fused-ring (bicyclic) bond motifs is 1. The second-order valence-corrected chi connectivity index (χ2v) is 7.87. The molecule has 1 aromatic rings. The number of sulfone groups is 1. The first-order valence-electron chi connectivity index (χ1n) is 6.97. The first-order chi connectivity index (χ1) is 9.48. The summed E-state index contributed by atoms with van der Waals surface area (Å²) in [6.45, 7) is 0.738. The maximum absolute atomic E-state index is 11.7. The minimum absolute atomic E-state index is 0.0219. The van der Waals surface area contributed by atoms with Crippen LogP contribution in [-0.2, 0) is 9.84 Å². The molecule has 0 amide bonds. The molecule has 110 valence electrons. The van der Waals surface area contributed by atoms with Crippen LogP contribution in [0, 0.1) is 0 Å². The van der Waals surface area contributed by atoms with Crippen LogP contribution in [0.3, 0.4) is 0 Å². The normalized spacial score (nSPS) is 32.7. The fraction of sp³-hybridized carbons (Fsp3) is 0.571. The van der Waals surface area contributed by atoms with Gasteiger partial charge in [-0.15, -0.1) is 0 Å². The molecule has 2 aliphatic rings. The number of anilines is 1. The number of hydrogen-bond donors (Lipinski definition) is 2. The molecule has 3 atom stereocenters. The van der Waals surface area contributed by atoms with E-state index in [9.17, 15) is 13.5 Å². The van der Waals surface area contributed by atoms with E-state index in [0.717, 1.165) is 30.6 Å². The Morgan fingerprint density at radius 3 is 2.70 bits per heavy atom. The highest BCUT2D eigenvalue weighted by atomic mass is 32.2. The molecule has 3 unspecified atom stereocenters. The molecule has 1 fully saturated rings. The van der Waals surface area contributed by atoms with Crippen LogP contribution in [-0.4, -0.2) is 43.7 Å². The predicted octanol–water partition coefficient (Wildman–Crippen LogP) is 0.445. The average Bonchev–Trinajstić information content (AvgIpc) is 2.57. The van der Waals surface area contributed by atoms with Crippen molar-refractivity contribution in [1.82, 2.24) is 0 Å². The van der Waals surface area contributed by atoms with Crippen molar-refractivity contribution in [2.45, 2.75) is 31.0 Å². The summed E-state index contributed by atoms with van der Waals surface area (Å²) in [4.78, 5) is 2.04. The molecule has 5 nitrogen and oxygen atoms in total. The van der Waals surface area contributed by atoms with Gasteiger partial charge in [0.25, 0.3) is 0 Å². The standard InChI is InChI=1S/C14H20N2O3S/c15-11-5-3-7-16(12-6-2-1-4-10(11)12)13-8-20(18,19)9-14(13)17/h1-2,4,6,11,13-14,17H,3,5,7-9,15H2. The first kappa shape index (κ1) is 13.9. The Labute approximate surface area is 119 Å². The third-order valence-electron chi connectivity index (χ3n) is 4.25. The van der Waals surface area contributed by atoms with Crippen molar-refractivity contribution in [2.24, 2.45) is 5.73 Å². The van der Waals surface area contributed by atoms with Crippen molar-refractivity contribution in [3.05, 3.63) is 29.8 Å². The molecular formula is C14H20N2O3S. The van der Waals surface area contributed by atoms with Crippen LogP contribution in [0.25, 0.3) is 0 Å². The minimum atomic E-state index is -3.14. The zero-order valence-electron chi connectivity index (χ0n) is 11.3. The van der Waals surface area contributed by atoms with E-state index in [1.807, 2.05) is 29.2 Å². The van der Waals surface area contributed by atoms with E-state index in [0.29, 0.717) is 0 Å². The Kier molecular flexibility index (Phi) is 3.48. The Bertz CT molecular complexity index is 602. The summed E-state index contributed by atoms with van der Waals surface area (Å²) in [7, 11) is -3.14. The van der Waals surface area contributed by atoms with Gasteiger partial charge in [-0.1, -0.05) is 18.2 Å². The molecule has 0 aromatic heterocycles. The number of aliphatic hydroxyl groups is 1. The highest BCUT2D eigenvalue weighted by molar-refractivity contribution is 7.91. The molecule has 0 spiro atoms. The van der Waals surface area contributed by atoms with Gasteiger partial charge in [0.1, 0.15) is 0 Å². The number of para-hydroxylation sites is 1. The highest BCUT2D eigenvalue weighted by Gasteiger charge is 2.41. The molecule has 6 heteroatoms. The topological polar surface area (TPSA) is 83.6 Å². The quantitative estimate of drug-likeness (QED) is 0.786. The van der Waals surface area contributed by atoms with E-state index in [1.54, 1.807) is 0 Å². The lowest BCUT2D eigenvalue weighted by Gasteiger charge is -2.32. The molecule has 2 heterocycles. The summed E-state index contributed by atoms with van der Waals surface area (Å²) in [5.41, 5.74) is 8.20. The fourth-order valence-electron chi connectivity index (χ4n) is 3.27. The van der Waals surface area contributed by atoms with Gasteiger partial charge >= 0.3 is 0 Å². The van der Waals surface area contributed by atoms with Gasteiger partial charge in [0.2, 0.25) is 0 Å². The Morgan fingerprint density at radius 1 is 1.25 bits per heavy atom. The van der Waals surface area contributed by atoms with E-state index in [-0.39, 0.29) is 23.6 Å². The Hall–Kier alpha value is -1.11. The number of hydrogen-bond acceptors (Lipinski definition) is 5. The SMILES string of the molecule is NC1CCCN(C2CS(=O)(=O)CC2O)c2ccccc21. The summed E-state index contributed by atoms with van der Waals surface area (Å²) in [6.07, 6.45) is 0.963. The number of nitrogens with two attached hydrogens (primary N) is 1. The largest absolute Gasteiger partial charge is 0.390 e. The second-order valence-electron chi connectivity index (χ2n) is 5.71. The number of benzene rings is 1. The van der Waals surface area contributed by atoms with Gasteiger partial charge in [-0.05, 0) is 24.5 Å². The zero-order valence-corrected chi connectivity index (χ0v) is 12.1. The molecule has 0 saturated carbocycles. The van der Waals surface area contributed by atoms with Crippen LogP contribution < -0.4 is 10.6 Å². The third kappa shape index (κ3) is 2.43.